The normalized spacial score (nSPS) is 17.0. The molecule has 6 heteroatoms. The Hall–Kier alpha value is -0.390. The van der Waals surface area contributed by atoms with Crippen LogP contribution in [0, 0.1) is 10.8 Å². The predicted molar refractivity (Wildman–Crippen MR) is 92.2 cm³/mol. The maximum absolute atomic E-state index is 15.3. The van der Waals surface area contributed by atoms with E-state index < -0.39 is 34.8 Å². The van der Waals surface area contributed by atoms with Gasteiger partial charge in [0, 0.05) is 12.0 Å². The van der Waals surface area contributed by atoms with Gasteiger partial charge in [0.15, 0.2) is 5.67 Å². The fourth-order valence-electron chi connectivity index (χ4n) is 3.72. The first kappa shape index (κ1) is 24.6. The molecule has 0 aliphatic rings. The molecule has 0 heterocycles. The molecule has 0 amide bonds. The summed E-state index contributed by atoms with van der Waals surface area (Å²) in [5, 5.41) is 0. The molecule has 0 aromatic carbocycles. The standard InChI is InChI=1S/C19H35F5O/c1-9-16(8,20)18(21,22)19(23,24)17(10-2,11-3)15(6,7)12-13-25-14(4)5/h14H,9-13H2,1-8H3. The van der Waals surface area contributed by atoms with Gasteiger partial charge in [-0.1, -0.05) is 34.6 Å². The smallest absolute Gasteiger partial charge is 0.343 e. The molecule has 0 rings (SSSR count). The van der Waals surface area contributed by atoms with Gasteiger partial charge in [0.1, 0.15) is 0 Å². The van der Waals surface area contributed by atoms with E-state index in [0.717, 1.165) is 6.92 Å². The molecule has 0 saturated carbocycles. The molecule has 152 valence electrons. The molecule has 1 atom stereocenters. The summed E-state index contributed by atoms with van der Waals surface area (Å²) in [5.74, 6) is -9.26. The zero-order chi connectivity index (χ0) is 20.3. The second-order valence-electron chi connectivity index (χ2n) is 8.04. The van der Waals surface area contributed by atoms with Crippen LogP contribution in [0.3, 0.4) is 0 Å². The van der Waals surface area contributed by atoms with Crippen LogP contribution in [-0.4, -0.2) is 30.2 Å². The van der Waals surface area contributed by atoms with E-state index in [1.165, 1.54) is 13.8 Å². The lowest BCUT2D eigenvalue weighted by atomic mass is 9.55. The molecular formula is C19H35F5O. The van der Waals surface area contributed by atoms with E-state index in [2.05, 4.69) is 0 Å². The minimum atomic E-state index is -4.77. The van der Waals surface area contributed by atoms with Gasteiger partial charge in [0.2, 0.25) is 0 Å². The fraction of sp³-hybridized carbons (Fsp3) is 1.00. The van der Waals surface area contributed by atoms with Gasteiger partial charge in [0.05, 0.1) is 6.10 Å². The second-order valence-corrected chi connectivity index (χ2v) is 8.04. The Balaban J connectivity index is 6.05. The summed E-state index contributed by atoms with van der Waals surface area (Å²) >= 11 is 0. The van der Waals surface area contributed by atoms with Crippen molar-refractivity contribution in [3.63, 3.8) is 0 Å². The Bertz CT molecular complexity index is 412. The molecule has 0 bridgehead atoms. The SMILES string of the molecule is CCC(C)(F)C(F)(F)C(F)(F)C(CC)(CC)C(C)(C)CCOC(C)C. The van der Waals surface area contributed by atoms with Gasteiger partial charge in [0.25, 0.3) is 0 Å². The van der Waals surface area contributed by atoms with Gasteiger partial charge in [-0.3, -0.25) is 0 Å². The van der Waals surface area contributed by atoms with Crippen LogP contribution in [0.2, 0.25) is 0 Å². The third-order valence-electron chi connectivity index (χ3n) is 5.99. The van der Waals surface area contributed by atoms with Crippen molar-refractivity contribution in [2.24, 2.45) is 10.8 Å². The number of hydrogen-bond donors (Lipinski definition) is 0. The Morgan fingerprint density at radius 3 is 1.52 bits per heavy atom. The van der Waals surface area contributed by atoms with Crippen molar-refractivity contribution in [1.29, 1.82) is 0 Å². The highest BCUT2D eigenvalue weighted by molar-refractivity contribution is 5.11. The highest BCUT2D eigenvalue weighted by Crippen LogP contribution is 2.63. The minimum Gasteiger partial charge on any atom is -0.379 e. The van der Waals surface area contributed by atoms with E-state index in [9.17, 15) is 13.2 Å². The van der Waals surface area contributed by atoms with Gasteiger partial charge < -0.3 is 4.74 Å². The molecule has 0 aliphatic heterocycles. The van der Waals surface area contributed by atoms with Crippen LogP contribution in [0.25, 0.3) is 0 Å². The summed E-state index contributed by atoms with van der Waals surface area (Å²) in [6.07, 6.45) is -0.935. The molecule has 0 spiro atoms. The second kappa shape index (κ2) is 8.10. The van der Waals surface area contributed by atoms with Crippen LogP contribution < -0.4 is 0 Å². The first-order chi connectivity index (χ1) is 11.1. The summed E-state index contributed by atoms with van der Waals surface area (Å²) < 4.78 is 79.7. The van der Waals surface area contributed by atoms with Crippen LogP contribution >= 0.6 is 0 Å². The summed E-state index contributed by atoms with van der Waals surface area (Å²) in [5.41, 5.74) is -6.49. The number of alkyl halides is 5. The maximum Gasteiger partial charge on any atom is 0.343 e. The van der Waals surface area contributed by atoms with Gasteiger partial charge >= 0.3 is 11.8 Å². The third kappa shape index (κ3) is 4.14. The lowest BCUT2D eigenvalue weighted by Gasteiger charge is -2.54. The Kier molecular flexibility index (Phi) is 7.97. The molecule has 0 aromatic rings. The van der Waals surface area contributed by atoms with Crippen LogP contribution in [0.1, 0.15) is 81.1 Å². The van der Waals surface area contributed by atoms with E-state index in [4.69, 9.17) is 4.74 Å². The molecule has 0 aromatic heterocycles. The Morgan fingerprint density at radius 2 is 1.20 bits per heavy atom. The molecule has 1 nitrogen and oxygen atoms in total. The molecule has 25 heavy (non-hydrogen) atoms. The van der Waals surface area contributed by atoms with Crippen molar-refractivity contribution >= 4 is 0 Å². The Morgan fingerprint density at radius 1 is 0.760 bits per heavy atom. The van der Waals surface area contributed by atoms with E-state index in [0.29, 0.717) is 6.92 Å². The average molecular weight is 374 g/mol. The van der Waals surface area contributed by atoms with Crippen molar-refractivity contribution in [1.82, 2.24) is 0 Å². The van der Waals surface area contributed by atoms with E-state index >= 15 is 8.78 Å². The zero-order valence-electron chi connectivity index (χ0n) is 16.9. The van der Waals surface area contributed by atoms with Gasteiger partial charge in [-0.15, -0.1) is 0 Å². The topological polar surface area (TPSA) is 9.23 Å². The molecule has 1 unspecified atom stereocenters. The molecule has 0 saturated heterocycles. The number of hydrogen-bond acceptors (Lipinski definition) is 1. The van der Waals surface area contributed by atoms with E-state index in [1.807, 2.05) is 13.8 Å². The average Bonchev–Trinajstić information content (AvgIpc) is 2.47. The van der Waals surface area contributed by atoms with Crippen molar-refractivity contribution in [2.45, 2.75) is 105 Å². The molecule has 0 aliphatic carbocycles. The zero-order valence-corrected chi connectivity index (χ0v) is 16.9. The molecular weight excluding hydrogens is 339 g/mol. The minimum absolute atomic E-state index is 0.0790. The summed E-state index contributed by atoms with van der Waals surface area (Å²) in [6, 6.07) is 0. The van der Waals surface area contributed by atoms with Crippen molar-refractivity contribution < 1.29 is 26.7 Å². The number of rotatable bonds is 11. The highest BCUT2D eigenvalue weighted by atomic mass is 19.3. The maximum atomic E-state index is 15.3. The molecule has 0 radical (unpaired) electrons. The first-order valence-electron chi connectivity index (χ1n) is 9.16. The molecule has 0 N–H and O–H groups in total. The van der Waals surface area contributed by atoms with Gasteiger partial charge in [-0.25, -0.2) is 4.39 Å². The van der Waals surface area contributed by atoms with Crippen molar-refractivity contribution in [3.8, 4) is 0 Å². The fourth-order valence-corrected chi connectivity index (χ4v) is 3.72. The van der Waals surface area contributed by atoms with Crippen LogP contribution in [-0.2, 0) is 4.74 Å². The van der Waals surface area contributed by atoms with Gasteiger partial charge in [-0.05, 0) is 51.9 Å². The van der Waals surface area contributed by atoms with Crippen LogP contribution in [0.4, 0.5) is 22.0 Å². The number of halogens is 5. The quantitative estimate of drug-likeness (QED) is 0.352. The predicted octanol–water partition coefficient (Wildman–Crippen LogP) is 7.04. The lowest BCUT2D eigenvalue weighted by molar-refractivity contribution is -0.334. The third-order valence-corrected chi connectivity index (χ3v) is 5.99. The summed E-state index contributed by atoms with van der Waals surface area (Å²) in [6.45, 7) is 11.6. The summed E-state index contributed by atoms with van der Waals surface area (Å²) in [7, 11) is 0. The largest absolute Gasteiger partial charge is 0.379 e. The lowest BCUT2D eigenvalue weighted by Crippen LogP contribution is -2.65. The monoisotopic (exact) mass is 374 g/mol. The Labute approximate surface area is 149 Å². The van der Waals surface area contributed by atoms with E-state index in [1.54, 1.807) is 13.8 Å². The summed E-state index contributed by atoms with van der Waals surface area (Å²) in [4.78, 5) is 0. The highest BCUT2D eigenvalue weighted by Gasteiger charge is 2.76. The van der Waals surface area contributed by atoms with Gasteiger partial charge in [-0.2, -0.15) is 17.6 Å². The van der Waals surface area contributed by atoms with Crippen molar-refractivity contribution in [3.05, 3.63) is 0 Å². The first-order valence-corrected chi connectivity index (χ1v) is 9.16. The van der Waals surface area contributed by atoms with Crippen LogP contribution in [0.5, 0.6) is 0 Å². The van der Waals surface area contributed by atoms with Crippen molar-refractivity contribution in [2.75, 3.05) is 6.61 Å². The van der Waals surface area contributed by atoms with Crippen LogP contribution in [0.15, 0.2) is 0 Å². The van der Waals surface area contributed by atoms with E-state index in [-0.39, 0.29) is 32.0 Å². The number of ether oxygens (including phenoxy) is 1. The molecule has 0 fully saturated rings.